The molecule has 0 unspecified atom stereocenters. The Morgan fingerprint density at radius 1 is 1.25 bits per heavy atom. The number of nitrogens with one attached hydrogen (secondary N) is 2. The molecule has 1 aromatic carbocycles. The third-order valence-corrected chi connectivity index (χ3v) is 5.56. The van der Waals surface area contributed by atoms with Crippen molar-refractivity contribution in [1.82, 2.24) is 20.4 Å². The van der Waals surface area contributed by atoms with E-state index in [2.05, 4.69) is 29.9 Å². The van der Waals surface area contributed by atoms with Gasteiger partial charge >= 0.3 is 0 Å². The van der Waals surface area contributed by atoms with E-state index < -0.39 is 11.6 Å². The van der Waals surface area contributed by atoms with Crippen LogP contribution >= 0.6 is 0 Å². The monoisotopic (exact) mass is 493 g/mol. The summed E-state index contributed by atoms with van der Waals surface area (Å²) in [5.41, 5.74) is 5.37. The average molecular weight is 494 g/mol. The Balaban J connectivity index is 2.51. The Kier molecular flexibility index (Phi) is 10.5. The fourth-order valence-electron chi connectivity index (χ4n) is 3.52. The lowest BCUT2D eigenvalue weighted by molar-refractivity contribution is 0.490. The topological polar surface area (TPSA) is 42.9 Å². The van der Waals surface area contributed by atoms with Crippen molar-refractivity contribution in [1.29, 1.82) is 0 Å². The van der Waals surface area contributed by atoms with Crippen LogP contribution in [0.2, 0.25) is 0 Å². The van der Waals surface area contributed by atoms with E-state index >= 15 is 0 Å². The molecule has 5 nitrogen and oxygen atoms in total. The Labute approximate surface area is 214 Å². The normalized spacial score (nSPS) is 15.1. The second kappa shape index (κ2) is 13.3. The van der Waals surface area contributed by atoms with Crippen molar-refractivity contribution in [3.8, 4) is 0 Å². The molecule has 1 aromatic rings. The Bertz CT molecular complexity index is 1160. The molecule has 0 aromatic heterocycles. The van der Waals surface area contributed by atoms with Crippen molar-refractivity contribution in [3.63, 3.8) is 0 Å². The number of hydrogen-bond acceptors (Lipinski definition) is 3. The van der Waals surface area contributed by atoms with Crippen LogP contribution in [-0.2, 0) is 6.54 Å². The molecule has 0 fully saturated rings. The minimum atomic E-state index is -0.635. The highest BCUT2D eigenvalue weighted by Gasteiger charge is 2.18. The van der Waals surface area contributed by atoms with Crippen molar-refractivity contribution in [3.05, 3.63) is 119 Å². The van der Waals surface area contributed by atoms with E-state index in [0.29, 0.717) is 17.3 Å². The van der Waals surface area contributed by atoms with Gasteiger partial charge in [0, 0.05) is 43.3 Å². The van der Waals surface area contributed by atoms with Gasteiger partial charge in [-0.2, -0.15) is 4.99 Å². The van der Waals surface area contributed by atoms with E-state index in [1.54, 1.807) is 11.1 Å². The average Bonchev–Trinajstić information content (AvgIpc) is 2.83. The maximum Gasteiger partial charge on any atom is 0.209 e. The van der Waals surface area contributed by atoms with Crippen molar-refractivity contribution in [2.75, 3.05) is 14.1 Å². The van der Waals surface area contributed by atoms with Gasteiger partial charge in [-0.25, -0.2) is 8.78 Å². The molecule has 0 aliphatic heterocycles. The van der Waals surface area contributed by atoms with Crippen molar-refractivity contribution in [2.24, 2.45) is 4.99 Å². The predicted molar refractivity (Wildman–Crippen MR) is 146 cm³/mol. The van der Waals surface area contributed by atoms with Gasteiger partial charge < -0.3 is 20.4 Å². The smallest absolute Gasteiger partial charge is 0.209 e. The molecule has 192 valence electrons. The zero-order valence-corrected chi connectivity index (χ0v) is 22.1. The molecule has 1 aliphatic carbocycles. The van der Waals surface area contributed by atoms with Crippen LogP contribution in [0.1, 0.15) is 39.7 Å². The van der Waals surface area contributed by atoms with Crippen LogP contribution in [-0.4, -0.2) is 29.9 Å². The fraction of sp³-hybridized carbons (Fsp3) is 0.276. The molecule has 0 saturated carbocycles. The second-order valence-electron chi connectivity index (χ2n) is 8.67. The molecule has 0 radical (unpaired) electrons. The lowest BCUT2D eigenvalue weighted by Gasteiger charge is -2.28. The van der Waals surface area contributed by atoms with E-state index in [9.17, 15) is 8.78 Å². The lowest BCUT2D eigenvalue weighted by Crippen LogP contribution is -2.38. The van der Waals surface area contributed by atoms with Crippen LogP contribution in [0, 0.1) is 11.6 Å². The Hall–Kier alpha value is -3.87. The molecule has 2 N–H and O–H groups in total. The first-order valence-corrected chi connectivity index (χ1v) is 11.8. The zero-order valence-electron chi connectivity index (χ0n) is 22.1. The van der Waals surface area contributed by atoms with Gasteiger partial charge in [0.15, 0.2) is 0 Å². The summed E-state index contributed by atoms with van der Waals surface area (Å²) in [6.45, 7) is 16.2. The number of allylic oxidation sites excluding steroid dienone is 7. The second-order valence-corrected chi connectivity index (χ2v) is 8.67. The van der Waals surface area contributed by atoms with Crippen LogP contribution < -0.4 is 10.6 Å². The molecule has 0 bridgehead atoms. The number of hydrogen-bond donors (Lipinski definition) is 2. The van der Waals surface area contributed by atoms with Gasteiger partial charge in [-0.05, 0) is 69.7 Å². The van der Waals surface area contributed by atoms with E-state index in [1.165, 1.54) is 12.1 Å². The standard InChI is InChI=1S/C29H37F2N5/c1-9-26(15-20(3)4)35(8)22(6)33-29(34-28-16-23(18-32-7)12-11-21(28)5)36(10-2)19-24-13-14-25(30)17-27(24)31/h9-11,13-18,32H,2,6,12,19H2,1,3-5,7-8H3,(H,33,34)/b23-18+,26-9+. The van der Waals surface area contributed by atoms with Gasteiger partial charge in [0.2, 0.25) is 5.96 Å². The molecular formula is C29H37F2N5. The van der Waals surface area contributed by atoms with Crippen molar-refractivity contribution >= 4 is 5.96 Å². The highest BCUT2D eigenvalue weighted by Crippen LogP contribution is 2.22. The van der Waals surface area contributed by atoms with Gasteiger partial charge in [-0.1, -0.05) is 36.9 Å². The SMILES string of the molecule is C=CN(Cc1ccc(F)cc1F)C(=NC(=C)N(C)/C(C=C(C)C)=C/C)NC1=C/C(=C/NC)CC=C1C. The van der Waals surface area contributed by atoms with E-state index in [-0.39, 0.29) is 6.54 Å². The number of halogens is 2. The molecule has 2 rings (SSSR count). The number of likely N-dealkylation sites (N-methyl/N-ethyl adjacent to an activating group) is 1. The van der Waals surface area contributed by atoms with Crippen molar-refractivity contribution < 1.29 is 8.78 Å². The maximum absolute atomic E-state index is 14.5. The highest BCUT2D eigenvalue weighted by molar-refractivity contribution is 5.84. The van der Waals surface area contributed by atoms with Gasteiger partial charge in [0.05, 0.1) is 6.54 Å². The van der Waals surface area contributed by atoms with E-state index in [0.717, 1.165) is 40.6 Å². The zero-order chi connectivity index (χ0) is 26.8. The van der Waals surface area contributed by atoms with Gasteiger partial charge in [0.1, 0.15) is 17.5 Å². The molecule has 7 heteroatoms. The summed E-state index contributed by atoms with van der Waals surface area (Å²) in [7, 11) is 3.74. The van der Waals surface area contributed by atoms with E-state index in [1.807, 2.05) is 71.1 Å². The number of aliphatic imine (C=N–C) groups is 1. The van der Waals surface area contributed by atoms with Crippen LogP contribution in [0.5, 0.6) is 0 Å². The van der Waals surface area contributed by atoms with Crippen molar-refractivity contribution in [2.45, 2.75) is 40.7 Å². The molecule has 1 aliphatic rings. The minimum absolute atomic E-state index is 0.0954. The summed E-state index contributed by atoms with van der Waals surface area (Å²) in [6, 6.07) is 3.53. The van der Waals surface area contributed by atoms with E-state index in [4.69, 9.17) is 4.99 Å². The molecule has 0 atom stereocenters. The third kappa shape index (κ3) is 7.83. The molecule has 0 spiro atoms. The fourth-order valence-corrected chi connectivity index (χ4v) is 3.52. The number of benzene rings is 1. The van der Waals surface area contributed by atoms with Crippen LogP contribution in [0.3, 0.4) is 0 Å². The quantitative estimate of drug-likeness (QED) is 0.235. The summed E-state index contributed by atoms with van der Waals surface area (Å²) in [5, 5.41) is 6.45. The number of rotatable bonds is 9. The predicted octanol–water partition coefficient (Wildman–Crippen LogP) is 6.47. The summed E-state index contributed by atoms with van der Waals surface area (Å²) in [4.78, 5) is 8.34. The lowest BCUT2D eigenvalue weighted by atomic mass is 10.0. The maximum atomic E-state index is 14.5. The summed E-state index contributed by atoms with van der Waals surface area (Å²) < 4.78 is 28.0. The Morgan fingerprint density at radius 3 is 2.56 bits per heavy atom. The molecule has 36 heavy (non-hydrogen) atoms. The van der Waals surface area contributed by atoms with Crippen LogP contribution in [0.4, 0.5) is 8.78 Å². The highest BCUT2D eigenvalue weighted by atomic mass is 19.1. The van der Waals surface area contributed by atoms with Crippen LogP contribution in [0.25, 0.3) is 0 Å². The third-order valence-electron chi connectivity index (χ3n) is 5.56. The Morgan fingerprint density at radius 2 is 1.97 bits per heavy atom. The summed E-state index contributed by atoms with van der Waals surface area (Å²) in [6.07, 6.45) is 12.5. The summed E-state index contributed by atoms with van der Waals surface area (Å²) in [5.74, 6) is -0.385. The summed E-state index contributed by atoms with van der Waals surface area (Å²) >= 11 is 0. The number of guanidine groups is 1. The molecule has 0 saturated heterocycles. The first-order valence-electron chi connectivity index (χ1n) is 11.8. The first-order chi connectivity index (χ1) is 17.1. The first kappa shape index (κ1) is 28.4. The minimum Gasteiger partial charge on any atom is -0.394 e. The van der Waals surface area contributed by atoms with Gasteiger partial charge in [-0.15, -0.1) is 0 Å². The van der Waals surface area contributed by atoms with Gasteiger partial charge in [-0.3, -0.25) is 0 Å². The number of nitrogens with zero attached hydrogens (tertiary/aromatic N) is 3. The molecule has 0 amide bonds. The van der Waals surface area contributed by atoms with Crippen LogP contribution in [0.15, 0.2) is 107 Å². The van der Waals surface area contributed by atoms with Gasteiger partial charge in [0.25, 0.3) is 0 Å². The molecular weight excluding hydrogens is 456 g/mol. The largest absolute Gasteiger partial charge is 0.394 e. The molecule has 0 heterocycles.